The molecule has 68 valence electrons. The molecule has 0 spiro atoms. The van der Waals surface area contributed by atoms with Crippen LogP contribution in [0.2, 0.25) is 0 Å². The van der Waals surface area contributed by atoms with Crippen LogP contribution in [0.1, 0.15) is 25.6 Å². The summed E-state index contributed by atoms with van der Waals surface area (Å²) in [5.41, 5.74) is 2.86. The average molecular weight is 186 g/mol. The van der Waals surface area contributed by atoms with Crippen LogP contribution in [0.25, 0.3) is 0 Å². The Morgan fingerprint density at radius 1 is 1.67 bits per heavy atom. The van der Waals surface area contributed by atoms with E-state index in [0.717, 1.165) is 5.69 Å². The van der Waals surface area contributed by atoms with Crippen LogP contribution in [0.5, 0.6) is 0 Å². The van der Waals surface area contributed by atoms with Crippen molar-refractivity contribution in [2.24, 2.45) is 0 Å². The summed E-state index contributed by atoms with van der Waals surface area (Å²) in [6.45, 7) is 4.15. The van der Waals surface area contributed by atoms with Gasteiger partial charge in [0.15, 0.2) is 0 Å². The summed E-state index contributed by atoms with van der Waals surface area (Å²) in [5, 5.41) is 14.0. The zero-order chi connectivity index (χ0) is 8.97. The maximum Gasteiger partial charge on any atom is 0.0795 e. The van der Waals surface area contributed by atoms with E-state index < -0.39 is 0 Å². The highest BCUT2D eigenvalue weighted by molar-refractivity contribution is 7.07. The van der Waals surface area contributed by atoms with Gasteiger partial charge in [-0.1, -0.05) is 0 Å². The first-order valence-corrected chi connectivity index (χ1v) is 4.93. The molecule has 2 atom stereocenters. The molecule has 0 saturated heterocycles. The fourth-order valence-electron chi connectivity index (χ4n) is 1.00. The average Bonchev–Trinajstić information content (AvgIpc) is 2.56. The molecule has 12 heavy (non-hydrogen) atoms. The molecule has 0 aliphatic carbocycles. The Bertz CT molecular complexity index is 213. The van der Waals surface area contributed by atoms with Gasteiger partial charge in [-0.2, -0.15) is 0 Å². The summed E-state index contributed by atoms with van der Waals surface area (Å²) in [6.07, 6.45) is 0. The van der Waals surface area contributed by atoms with Crippen LogP contribution in [0.4, 0.5) is 0 Å². The van der Waals surface area contributed by atoms with Crippen molar-refractivity contribution in [3.63, 3.8) is 0 Å². The minimum Gasteiger partial charge on any atom is -0.395 e. The van der Waals surface area contributed by atoms with Gasteiger partial charge in [-0.05, 0) is 13.8 Å². The monoisotopic (exact) mass is 186 g/mol. The van der Waals surface area contributed by atoms with Crippen molar-refractivity contribution in [2.75, 3.05) is 6.61 Å². The van der Waals surface area contributed by atoms with E-state index in [4.69, 9.17) is 5.11 Å². The van der Waals surface area contributed by atoms with Crippen molar-refractivity contribution in [1.29, 1.82) is 0 Å². The second kappa shape index (κ2) is 4.54. The van der Waals surface area contributed by atoms with Crippen LogP contribution in [0.15, 0.2) is 10.9 Å². The number of hydrogen-bond donors (Lipinski definition) is 2. The number of nitrogens with one attached hydrogen (secondary N) is 1. The fraction of sp³-hybridized carbons (Fsp3) is 0.625. The van der Waals surface area contributed by atoms with Gasteiger partial charge in [0.05, 0.1) is 17.8 Å². The number of aliphatic hydroxyl groups excluding tert-OH is 1. The van der Waals surface area contributed by atoms with E-state index in [-0.39, 0.29) is 18.7 Å². The summed E-state index contributed by atoms with van der Waals surface area (Å²) >= 11 is 1.59. The van der Waals surface area contributed by atoms with E-state index >= 15 is 0 Å². The standard InChI is InChI=1S/C8H14N2OS/c1-6(3-11)10-7(2)8-4-12-5-9-8/h4-7,10-11H,3H2,1-2H3. The van der Waals surface area contributed by atoms with Crippen LogP contribution in [0, 0.1) is 0 Å². The van der Waals surface area contributed by atoms with E-state index in [1.54, 1.807) is 11.3 Å². The molecule has 0 aliphatic rings. The van der Waals surface area contributed by atoms with E-state index in [2.05, 4.69) is 10.3 Å². The number of aliphatic hydroxyl groups is 1. The molecule has 0 saturated carbocycles. The van der Waals surface area contributed by atoms with E-state index in [1.165, 1.54) is 0 Å². The third kappa shape index (κ3) is 2.55. The number of hydrogen-bond acceptors (Lipinski definition) is 4. The van der Waals surface area contributed by atoms with Crippen molar-refractivity contribution in [1.82, 2.24) is 10.3 Å². The van der Waals surface area contributed by atoms with E-state index in [9.17, 15) is 0 Å². The predicted molar refractivity (Wildman–Crippen MR) is 50.2 cm³/mol. The molecule has 2 unspecified atom stereocenters. The van der Waals surface area contributed by atoms with Gasteiger partial charge in [0.2, 0.25) is 0 Å². The van der Waals surface area contributed by atoms with E-state index in [0.29, 0.717) is 0 Å². The zero-order valence-corrected chi connectivity index (χ0v) is 8.14. The highest BCUT2D eigenvalue weighted by Crippen LogP contribution is 2.12. The molecule has 2 N–H and O–H groups in total. The molecule has 4 heteroatoms. The zero-order valence-electron chi connectivity index (χ0n) is 7.32. The Labute approximate surface area is 76.5 Å². The largest absolute Gasteiger partial charge is 0.395 e. The third-order valence-corrected chi connectivity index (χ3v) is 2.31. The van der Waals surface area contributed by atoms with Crippen molar-refractivity contribution in [3.05, 3.63) is 16.6 Å². The first kappa shape index (κ1) is 9.64. The van der Waals surface area contributed by atoms with E-state index in [1.807, 2.05) is 24.7 Å². The molecular formula is C8H14N2OS. The number of thiazole rings is 1. The Hall–Kier alpha value is -0.450. The number of aromatic nitrogens is 1. The normalized spacial score (nSPS) is 15.9. The van der Waals surface area contributed by atoms with Crippen LogP contribution in [0.3, 0.4) is 0 Å². The van der Waals surface area contributed by atoms with Gasteiger partial charge < -0.3 is 10.4 Å². The quantitative estimate of drug-likeness (QED) is 0.742. The number of nitrogens with zero attached hydrogens (tertiary/aromatic N) is 1. The third-order valence-electron chi connectivity index (χ3n) is 1.70. The molecule has 3 nitrogen and oxygen atoms in total. The van der Waals surface area contributed by atoms with Crippen molar-refractivity contribution in [3.8, 4) is 0 Å². The molecule has 0 bridgehead atoms. The van der Waals surface area contributed by atoms with Crippen molar-refractivity contribution >= 4 is 11.3 Å². The molecule has 0 fully saturated rings. The second-order valence-electron chi connectivity index (χ2n) is 2.89. The van der Waals surface area contributed by atoms with Gasteiger partial charge in [-0.3, -0.25) is 0 Å². The topological polar surface area (TPSA) is 45.1 Å². The molecule has 0 aromatic carbocycles. The molecular weight excluding hydrogens is 172 g/mol. The Morgan fingerprint density at radius 2 is 2.42 bits per heavy atom. The van der Waals surface area contributed by atoms with Crippen molar-refractivity contribution in [2.45, 2.75) is 25.9 Å². The minimum absolute atomic E-state index is 0.127. The fourth-order valence-corrected chi connectivity index (χ4v) is 1.65. The second-order valence-corrected chi connectivity index (χ2v) is 3.60. The van der Waals surface area contributed by atoms with Gasteiger partial charge in [0, 0.05) is 17.5 Å². The molecule has 1 rings (SSSR count). The van der Waals surface area contributed by atoms with Crippen LogP contribution in [-0.4, -0.2) is 22.7 Å². The first-order chi connectivity index (χ1) is 5.74. The SMILES string of the molecule is CC(CO)NC(C)c1cscn1. The highest BCUT2D eigenvalue weighted by Gasteiger charge is 2.09. The lowest BCUT2D eigenvalue weighted by Crippen LogP contribution is -2.31. The molecule has 0 radical (unpaired) electrons. The number of rotatable bonds is 4. The van der Waals surface area contributed by atoms with Crippen LogP contribution >= 0.6 is 11.3 Å². The molecule has 0 amide bonds. The molecule has 1 heterocycles. The van der Waals surface area contributed by atoms with Gasteiger partial charge in [-0.25, -0.2) is 4.98 Å². The van der Waals surface area contributed by atoms with Crippen molar-refractivity contribution < 1.29 is 5.11 Å². The summed E-state index contributed by atoms with van der Waals surface area (Å²) in [5.74, 6) is 0. The summed E-state index contributed by atoms with van der Waals surface area (Å²) in [4.78, 5) is 4.18. The molecule has 1 aromatic heterocycles. The molecule has 1 aromatic rings. The highest BCUT2D eigenvalue weighted by atomic mass is 32.1. The van der Waals surface area contributed by atoms with Gasteiger partial charge >= 0.3 is 0 Å². The smallest absolute Gasteiger partial charge is 0.0795 e. The van der Waals surface area contributed by atoms with Crippen LogP contribution in [-0.2, 0) is 0 Å². The summed E-state index contributed by atoms with van der Waals surface area (Å²) in [7, 11) is 0. The van der Waals surface area contributed by atoms with Gasteiger partial charge in [0.25, 0.3) is 0 Å². The predicted octanol–water partition coefficient (Wildman–Crippen LogP) is 1.17. The Morgan fingerprint density at radius 3 is 2.92 bits per heavy atom. The lowest BCUT2D eigenvalue weighted by atomic mass is 10.2. The van der Waals surface area contributed by atoms with Crippen LogP contribution < -0.4 is 5.32 Å². The summed E-state index contributed by atoms with van der Waals surface area (Å²) < 4.78 is 0. The molecule has 0 aliphatic heterocycles. The maximum atomic E-state index is 8.80. The lowest BCUT2D eigenvalue weighted by molar-refractivity contribution is 0.242. The maximum absolute atomic E-state index is 8.80. The summed E-state index contributed by atoms with van der Waals surface area (Å²) in [6, 6.07) is 0.347. The minimum atomic E-state index is 0.127. The van der Waals surface area contributed by atoms with Gasteiger partial charge in [0.1, 0.15) is 0 Å². The lowest BCUT2D eigenvalue weighted by Gasteiger charge is -2.16. The first-order valence-electron chi connectivity index (χ1n) is 3.99. The Balaban J connectivity index is 2.44. The Kier molecular flexibility index (Phi) is 3.65. The van der Waals surface area contributed by atoms with Gasteiger partial charge in [-0.15, -0.1) is 11.3 Å².